The number of methoxy groups -OCH3 is 1. The highest BCUT2D eigenvalue weighted by Gasteiger charge is 2.21. The van der Waals surface area contributed by atoms with Gasteiger partial charge in [0.1, 0.15) is 24.5 Å². The number of anilines is 1. The van der Waals surface area contributed by atoms with E-state index in [1.54, 1.807) is 20.4 Å². The van der Waals surface area contributed by atoms with Crippen molar-refractivity contribution in [3.8, 4) is 5.75 Å². The van der Waals surface area contributed by atoms with E-state index in [1.807, 2.05) is 45.0 Å². The average molecular weight is 442 g/mol. The molecule has 0 fully saturated rings. The number of aryl methyl sites for hydroxylation is 1. The maximum Gasteiger partial charge on any atom is 0.138 e. The first-order valence-corrected chi connectivity index (χ1v) is 13.0. The van der Waals surface area contributed by atoms with Gasteiger partial charge in [-0.25, -0.2) is 9.97 Å². The minimum Gasteiger partial charge on any atom is -0.496 e. The zero-order valence-corrected chi connectivity index (χ0v) is 20.2. The number of aliphatic hydroxyl groups is 1. The second-order valence-corrected chi connectivity index (χ2v) is 12.3. The molecular weight excluding hydrogens is 409 g/mol. The summed E-state index contributed by atoms with van der Waals surface area (Å²) in [5.74, 6) is 1.92. The van der Waals surface area contributed by atoms with Gasteiger partial charge >= 0.3 is 0 Å². The third kappa shape index (κ3) is 5.63. The Balaban J connectivity index is 2.03. The summed E-state index contributed by atoms with van der Waals surface area (Å²) in [6.07, 6.45) is 0.578. The Bertz CT molecular complexity index is 1150. The van der Waals surface area contributed by atoms with Crippen LogP contribution in [0.5, 0.6) is 5.75 Å². The minimum absolute atomic E-state index is 0.0279. The van der Waals surface area contributed by atoms with Gasteiger partial charge in [-0.2, -0.15) is 0 Å². The Morgan fingerprint density at radius 1 is 1.19 bits per heavy atom. The molecule has 0 aliphatic rings. The summed E-state index contributed by atoms with van der Waals surface area (Å²) in [5, 5.41) is 15.1. The van der Waals surface area contributed by atoms with Gasteiger partial charge in [0, 0.05) is 23.9 Å². The van der Waals surface area contributed by atoms with Gasteiger partial charge in [0.2, 0.25) is 0 Å². The molecule has 2 aromatic carbocycles. The molecule has 0 spiro atoms. The van der Waals surface area contributed by atoms with Crippen LogP contribution < -0.4 is 15.4 Å². The Kier molecular flexibility index (Phi) is 6.45. The van der Waals surface area contributed by atoms with Crippen LogP contribution in [0.4, 0.5) is 5.82 Å². The molecule has 0 unspecified atom stereocenters. The van der Waals surface area contributed by atoms with Gasteiger partial charge in [-0.1, -0.05) is 24.3 Å². The van der Waals surface area contributed by atoms with Crippen LogP contribution in [0.15, 0.2) is 36.4 Å². The number of hydrogen-bond donors (Lipinski definition) is 2. The van der Waals surface area contributed by atoms with Gasteiger partial charge in [0.05, 0.1) is 23.5 Å². The molecular formula is C24H32N3O3P. The number of nitrogens with zero attached hydrogens (tertiary/aromatic N) is 2. The van der Waals surface area contributed by atoms with E-state index < -0.39 is 12.7 Å². The summed E-state index contributed by atoms with van der Waals surface area (Å²) in [7, 11) is -0.980. The highest BCUT2D eigenvalue weighted by atomic mass is 31.2. The lowest BCUT2D eigenvalue weighted by Crippen LogP contribution is -2.22. The molecule has 3 aromatic rings. The van der Waals surface area contributed by atoms with Crippen LogP contribution >= 0.6 is 7.14 Å². The molecule has 1 heterocycles. The van der Waals surface area contributed by atoms with Gasteiger partial charge in [-0.3, -0.25) is 0 Å². The molecule has 1 atom stereocenters. The van der Waals surface area contributed by atoms with Crippen molar-refractivity contribution >= 4 is 29.2 Å². The summed E-state index contributed by atoms with van der Waals surface area (Å²) in [6.45, 7) is 11.0. The quantitative estimate of drug-likeness (QED) is 0.518. The van der Waals surface area contributed by atoms with E-state index in [2.05, 4.69) is 34.3 Å². The Morgan fingerprint density at radius 3 is 2.52 bits per heavy atom. The number of benzene rings is 2. The fourth-order valence-corrected chi connectivity index (χ4v) is 4.84. The van der Waals surface area contributed by atoms with Crippen LogP contribution in [0.2, 0.25) is 0 Å². The van der Waals surface area contributed by atoms with E-state index in [0.717, 1.165) is 22.0 Å². The lowest BCUT2D eigenvalue weighted by Gasteiger charge is -2.21. The van der Waals surface area contributed by atoms with Crippen LogP contribution in [0, 0.1) is 6.92 Å². The van der Waals surface area contributed by atoms with Gasteiger partial charge in [-0.15, -0.1) is 0 Å². The van der Waals surface area contributed by atoms with E-state index in [4.69, 9.17) is 4.74 Å². The predicted molar refractivity (Wildman–Crippen MR) is 128 cm³/mol. The molecule has 31 heavy (non-hydrogen) atoms. The molecule has 7 heteroatoms. The summed E-state index contributed by atoms with van der Waals surface area (Å²) < 4.78 is 18.3. The molecule has 2 N–H and O–H groups in total. The third-order valence-corrected chi connectivity index (χ3v) is 6.64. The van der Waals surface area contributed by atoms with Crippen LogP contribution in [0.1, 0.15) is 43.8 Å². The van der Waals surface area contributed by atoms with Crippen molar-refractivity contribution in [2.45, 2.75) is 45.8 Å². The third-order valence-electron chi connectivity index (χ3n) is 5.13. The molecule has 0 saturated heterocycles. The fourth-order valence-electron chi connectivity index (χ4n) is 3.72. The van der Waals surface area contributed by atoms with Crippen molar-refractivity contribution in [2.24, 2.45) is 0 Å². The van der Waals surface area contributed by atoms with E-state index in [-0.39, 0.29) is 6.04 Å². The normalized spacial score (nSPS) is 13.3. The molecule has 0 bridgehead atoms. The molecule has 0 aliphatic carbocycles. The van der Waals surface area contributed by atoms with Crippen molar-refractivity contribution in [1.82, 2.24) is 9.97 Å². The topological polar surface area (TPSA) is 84.3 Å². The molecule has 6 nitrogen and oxygen atoms in total. The standard InChI is InChI=1S/C24H32N3O3P/c1-15(18-10-8-9-17(11-18)14-24(3,4)28)25-23-19-12-22(31(6,7)29)21(30-5)13-20(19)26-16(2)27-23/h8-13,15,28H,14H2,1-7H3,(H,25,26,27)/t15-/m1/s1. The summed E-state index contributed by atoms with van der Waals surface area (Å²) in [5.41, 5.74) is 2.15. The highest BCUT2D eigenvalue weighted by molar-refractivity contribution is 7.70. The lowest BCUT2D eigenvalue weighted by molar-refractivity contribution is 0.0810. The minimum atomic E-state index is -2.56. The smallest absolute Gasteiger partial charge is 0.138 e. The first-order chi connectivity index (χ1) is 14.4. The lowest BCUT2D eigenvalue weighted by atomic mass is 9.96. The monoisotopic (exact) mass is 441 g/mol. The van der Waals surface area contributed by atoms with E-state index in [0.29, 0.717) is 29.1 Å². The zero-order valence-electron chi connectivity index (χ0n) is 19.4. The van der Waals surface area contributed by atoms with Crippen LogP contribution in [0.25, 0.3) is 10.9 Å². The highest BCUT2D eigenvalue weighted by Crippen LogP contribution is 2.40. The Morgan fingerprint density at radius 2 is 1.90 bits per heavy atom. The maximum atomic E-state index is 12.9. The summed E-state index contributed by atoms with van der Waals surface area (Å²) >= 11 is 0. The van der Waals surface area contributed by atoms with Crippen molar-refractivity contribution < 1.29 is 14.4 Å². The molecule has 0 saturated carbocycles. The van der Waals surface area contributed by atoms with Crippen molar-refractivity contribution in [1.29, 1.82) is 0 Å². The largest absolute Gasteiger partial charge is 0.496 e. The molecule has 166 valence electrons. The molecule has 0 radical (unpaired) electrons. The van der Waals surface area contributed by atoms with Gasteiger partial charge in [0.25, 0.3) is 0 Å². The fraction of sp³-hybridized carbons (Fsp3) is 0.417. The number of nitrogens with one attached hydrogen (secondary N) is 1. The van der Waals surface area contributed by atoms with Crippen LogP contribution in [-0.2, 0) is 11.0 Å². The van der Waals surface area contributed by atoms with E-state index in [9.17, 15) is 9.67 Å². The number of fused-ring (bicyclic) bond motifs is 1. The number of aromatic nitrogens is 2. The van der Waals surface area contributed by atoms with Crippen LogP contribution in [-0.4, -0.2) is 41.1 Å². The Hall–Kier alpha value is -2.43. The van der Waals surface area contributed by atoms with Crippen molar-refractivity contribution in [3.05, 3.63) is 53.3 Å². The van der Waals surface area contributed by atoms with Gasteiger partial charge in [-0.05, 0) is 58.2 Å². The van der Waals surface area contributed by atoms with Crippen molar-refractivity contribution in [3.63, 3.8) is 0 Å². The molecule has 0 aliphatic heterocycles. The Labute approximate surface area is 184 Å². The molecule has 0 amide bonds. The van der Waals surface area contributed by atoms with E-state index in [1.165, 1.54) is 0 Å². The zero-order chi connectivity index (χ0) is 23.0. The molecule has 3 rings (SSSR count). The number of hydrogen-bond acceptors (Lipinski definition) is 6. The first kappa shape index (κ1) is 23.2. The SMILES string of the molecule is COc1cc2nc(C)nc(N[C@H](C)c3cccc(CC(C)(C)O)c3)c2cc1P(C)(C)=O. The number of rotatable bonds is 7. The molecule has 1 aromatic heterocycles. The number of ether oxygens (including phenoxy) is 1. The van der Waals surface area contributed by atoms with Gasteiger partial charge in [0.15, 0.2) is 0 Å². The van der Waals surface area contributed by atoms with Gasteiger partial charge < -0.3 is 19.7 Å². The first-order valence-electron chi connectivity index (χ1n) is 10.4. The van der Waals surface area contributed by atoms with E-state index >= 15 is 0 Å². The maximum absolute atomic E-state index is 12.9. The second kappa shape index (κ2) is 8.60. The average Bonchev–Trinajstić information content (AvgIpc) is 2.64. The second-order valence-electron chi connectivity index (χ2n) is 9.11. The summed E-state index contributed by atoms with van der Waals surface area (Å²) in [6, 6.07) is 11.9. The summed E-state index contributed by atoms with van der Waals surface area (Å²) in [4.78, 5) is 9.19. The van der Waals surface area contributed by atoms with Crippen molar-refractivity contribution in [2.75, 3.05) is 25.8 Å². The predicted octanol–water partition coefficient (Wildman–Crippen LogP) is 4.68. The van der Waals surface area contributed by atoms with Crippen LogP contribution in [0.3, 0.4) is 0 Å².